The molecule has 1 atom stereocenters. The average molecular weight is 247 g/mol. The van der Waals surface area contributed by atoms with E-state index in [0.717, 1.165) is 13.1 Å². The molecule has 0 saturated carbocycles. The standard InChI is InChI=1S/C15H25N3/c1-12-6-7-13(2)14(10-12)15(11-16)17-18-8-4-3-5-9-18/h6-7,10,15,17H,3-5,8-9,11,16H2,1-2H3. The molecule has 3 nitrogen and oxygen atoms in total. The molecule has 1 heterocycles. The van der Waals surface area contributed by atoms with E-state index in [1.807, 2.05) is 0 Å². The van der Waals surface area contributed by atoms with Crippen molar-refractivity contribution in [3.8, 4) is 0 Å². The van der Waals surface area contributed by atoms with Gasteiger partial charge in [0.15, 0.2) is 0 Å². The topological polar surface area (TPSA) is 41.3 Å². The fourth-order valence-corrected chi connectivity index (χ4v) is 2.63. The van der Waals surface area contributed by atoms with Gasteiger partial charge in [0, 0.05) is 19.6 Å². The second-order valence-corrected chi connectivity index (χ2v) is 5.33. The zero-order chi connectivity index (χ0) is 13.0. The van der Waals surface area contributed by atoms with Crippen LogP contribution in [0.2, 0.25) is 0 Å². The Kier molecular flexibility index (Phi) is 4.75. The Labute approximate surface area is 110 Å². The minimum absolute atomic E-state index is 0.239. The lowest BCUT2D eigenvalue weighted by Crippen LogP contribution is -2.45. The number of hydrogen-bond acceptors (Lipinski definition) is 3. The highest BCUT2D eigenvalue weighted by Gasteiger charge is 2.17. The average Bonchev–Trinajstić information content (AvgIpc) is 2.40. The van der Waals surface area contributed by atoms with Crippen molar-refractivity contribution < 1.29 is 0 Å². The molecule has 100 valence electrons. The second kappa shape index (κ2) is 6.32. The maximum absolute atomic E-state index is 5.95. The van der Waals surface area contributed by atoms with Crippen molar-refractivity contribution in [2.45, 2.75) is 39.2 Å². The van der Waals surface area contributed by atoms with Gasteiger partial charge in [-0.05, 0) is 37.8 Å². The summed E-state index contributed by atoms with van der Waals surface area (Å²) >= 11 is 0. The van der Waals surface area contributed by atoms with Gasteiger partial charge in [-0.15, -0.1) is 0 Å². The van der Waals surface area contributed by atoms with Crippen LogP contribution >= 0.6 is 0 Å². The van der Waals surface area contributed by atoms with Crippen molar-refractivity contribution in [1.82, 2.24) is 10.4 Å². The molecule has 1 aliphatic heterocycles. The van der Waals surface area contributed by atoms with E-state index >= 15 is 0 Å². The van der Waals surface area contributed by atoms with Gasteiger partial charge in [0.1, 0.15) is 0 Å². The Morgan fingerprint density at radius 1 is 1.22 bits per heavy atom. The summed E-state index contributed by atoms with van der Waals surface area (Å²) in [6.07, 6.45) is 3.93. The lowest BCUT2D eigenvalue weighted by Gasteiger charge is -2.32. The molecular weight excluding hydrogens is 222 g/mol. The van der Waals surface area contributed by atoms with Gasteiger partial charge in [-0.3, -0.25) is 0 Å². The van der Waals surface area contributed by atoms with Crippen molar-refractivity contribution in [3.05, 3.63) is 34.9 Å². The zero-order valence-corrected chi connectivity index (χ0v) is 11.6. The molecular formula is C15H25N3. The zero-order valence-electron chi connectivity index (χ0n) is 11.6. The number of aryl methyl sites for hydroxylation is 2. The number of nitrogens with two attached hydrogens (primary N) is 1. The van der Waals surface area contributed by atoms with E-state index in [4.69, 9.17) is 5.73 Å². The summed E-state index contributed by atoms with van der Waals surface area (Å²) in [5.74, 6) is 0. The molecule has 3 heteroatoms. The minimum Gasteiger partial charge on any atom is -0.329 e. The molecule has 0 radical (unpaired) electrons. The van der Waals surface area contributed by atoms with Gasteiger partial charge in [0.2, 0.25) is 0 Å². The Balaban J connectivity index is 2.09. The van der Waals surface area contributed by atoms with Crippen molar-refractivity contribution in [1.29, 1.82) is 0 Å². The molecule has 1 fully saturated rings. The highest BCUT2D eigenvalue weighted by molar-refractivity contribution is 5.33. The summed E-state index contributed by atoms with van der Waals surface area (Å²) in [4.78, 5) is 0. The van der Waals surface area contributed by atoms with Gasteiger partial charge < -0.3 is 5.73 Å². The number of hydrazine groups is 1. The molecule has 18 heavy (non-hydrogen) atoms. The lowest BCUT2D eigenvalue weighted by atomic mass is 9.99. The largest absolute Gasteiger partial charge is 0.329 e. The van der Waals surface area contributed by atoms with Crippen LogP contribution in [0.3, 0.4) is 0 Å². The summed E-state index contributed by atoms with van der Waals surface area (Å²) in [5.41, 5.74) is 13.5. The molecule has 2 rings (SSSR count). The van der Waals surface area contributed by atoms with Crippen LogP contribution in [0.4, 0.5) is 0 Å². The van der Waals surface area contributed by atoms with Crippen molar-refractivity contribution in [2.24, 2.45) is 5.73 Å². The van der Waals surface area contributed by atoms with E-state index in [1.165, 1.54) is 36.0 Å². The summed E-state index contributed by atoms with van der Waals surface area (Å²) < 4.78 is 0. The summed E-state index contributed by atoms with van der Waals surface area (Å²) in [5, 5.41) is 2.34. The monoisotopic (exact) mass is 247 g/mol. The Hall–Kier alpha value is -0.900. The van der Waals surface area contributed by atoms with Crippen LogP contribution in [0.1, 0.15) is 42.0 Å². The molecule has 1 aliphatic rings. The number of hydrogen-bond donors (Lipinski definition) is 2. The third kappa shape index (κ3) is 3.31. The first kappa shape index (κ1) is 13.5. The number of rotatable bonds is 4. The molecule has 1 aromatic rings. The Bertz CT molecular complexity index is 383. The van der Waals surface area contributed by atoms with E-state index < -0.39 is 0 Å². The van der Waals surface area contributed by atoms with Crippen molar-refractivity contribution in [3.63, 3.8) is 0 Å². The smallest absolute Gasteiger partial charge is 0.0589 e. The van der Waals surface area contributed by atoms with E-state index in [9.17, 15) is 0 Å². The first-order valence-corrected chi connectivity index (χ1v) is 6.99. The molecule has 0 amide bonds. The quantitative estimate of drug-likeness (QED) is 0.858. The third-order valence-electron chi connectivity index (χ3n) is 3.74. The summed E-state index contributed by atoms with van der Waals surface area (Å²) in [6, 6.07) is 6.84. The fourth-order valence-electron chi connectivity index (χ4n) is 2.63. The Morgan fingerprint density at radius 3 is 2.61 bits per heavy atom. The number of nitrogens with one attached hydrogen (secondary N) is 1. The van der Waals surface area contributed by atoms with Crippen LogP contribution in [0.5, 0.6) is 0 Å². The minimum atomic E-state index is 0.239. The van der Waals surface area contributed by atoms with E-state index in [1.54, 1.807) is 0 Å². The van der Waals surface area contributed by atoms with Gasteiger partial charge in [-0.1, -0.05) is 30.2 Å². The van der Waals surface area contributed by atoms with Gasteiger partial charge in [-0.25, -0.2) is 10.4 Å². The van der Waals surface area contributed by atoms with Crippen LogP contribution < -0.4 is 11.2 Å². The van der Waals surface area contributed by atoms with Crippen LogP contribution in [-0.2, 0) is 0 Å². The van der Waals surface area contributed by atoms with Crippen LogP contribution in [-0.4, -0.2) is 24.6 Å². The first-order valence-electron chi connectivity index (χ1n) is 6.99. The molecule has 1 saturated heterocycles. The van der Waals surface area contributed by atoms with Gasteiger partial charge in [0.05, 0.1) is 6.04 Å². The Morgan fingerprint density at radius 2 is 1.94 bits per heavy atom. The molecule has 3 N–H and O–H groups in total. The second-order valence-electron chi connectivity index (χ2n) is 5.33. The molecule has 0 aromatic heterocycles. The molecule has 1 unspecified atom stereocenters. The van der Waals surface area contributed by atoms with Gasteiger partial charge in [-0.2, -0.15) is 0 Å². The number of nitrogens with zero attached hydrogens (tertiary/aromatic N) is 1. The van der Waals surface area contributed by atoms with E-state index in [0.29, 0.717) is 6.54 Å². The van der Waals surface area contributed by atoms with E-state index in [2.05, 4.69) is 42.5 Å². The first-order chi connectivity index (χ1) is 8.70. The predicted molar refractivity (Wildman–Crippen MR) is 76.3 cm³/mol. The van der Waals surface area contributed by atoms with Gasteiger partial charge >= 0.3 is 0 Å². The molecule has 0 bridgehead atoms. The highest BCUT2D eigenvalue weighted by Crippen LogP contribution is 2.20. The predicted octanol–water partition coefficient (Wildman–Crippen LogP) is 2.29. The van der Waals surface area contributed by atoms with Crippen LogP contribution in [0.15, 0.2) is 18.2 Å². The summed E-state index contributed by atoms with van der Waals surface area (Å²) in [7, 11) is 0. The van der Waals surface area contributed by atoms with E-state index in [-0.39, 0.29) is 6.04 Å². The molecule has 0 spiro atoms. The van der Waals surface area contributed by atoms with Crippen molar-refractivity contribution in [2.75, 3.05) is 19.6 Å². The molecule has 0 aliphatic carbocycles. The van der Waals surface area contributed by atoms with Crippen LogP contribution in [0.25, 0.3) is 0 Å². The lowest BCUT2D eigenvalue weighted by molar-refractivity contribution is 0.130. The highest BCUT2D eigenvalue weighted by atomic mass is 15.5. The summed E-state index contributed by atoms with van der Waals surface area (Å²) in [6.45, 7) is 7.22. The normalized spacial score (nSPS) is 18.8. The molecule has 1 aromatic carbocycles. The maximum Gasteiger partial charge on any atom is 0.0589 e. The van der Waals surface area contributed by atoms with Crippen LogP contribution in [0, 0.1) is 13.8 Å². The number of piperidine rings is 1. The fraction of sp³-hybridized carbons (Fsp3) is 0.600. The van der Waals surface area contributed by atoms with Gasteiger partial charge in [0.25, 0.3) is 0 Å². The third-order valence-corrected chi connectivity index (χ3v) is 3.74. The number of benzene rings is 1. The van der Waals surface area contributed by atoms with Crippen molar-refractivity contribution >= 4 is 0 Å². The SMILES string of the molecule is Cc1ccc(C)c(C(CN)NN2CCCCC2)c1. The maximum atomic E-state index is 5.95.